The second kappa shape index (κ2) is 7.82. The second-order valence-electron chi connectivity index (χ2n) is 5.51. The van der Waals surface area contributed by atoms with Crippen molar-refractivity contribution >= 4 is 32.4 Å². The predicted octanol–water partition coefficient (Wildman–Crippen LogP) is 2.56. The summed E-state index contributed by atoms with van der Waals surface area (Å²) in [6.45, 7) is 5.37. The number of carbonyl (C=O) groups excluding carboxylic acids is 1. The fourth-order valence-corrected chi connectivity index (χ4v) is 4.16. The molecule has 0 fully saturated rings. The SMILES string of the molecule is CC[C@@H](NS(=O)(=O)c1nnc(NC(=O)C(C)C)s1)c1ccccc1. The van der Waals surface area contributed by atoms with Crippen LogP contribution in [0.5, 0.6) is 0 Å². The van der Waals surface area contributed by atoms with Crippen LogP contribution in [0.15, 0.2) is 34.7 Å². The first kappa shape index (κ1) is 18.5. The quantitative estimate of drug-likeness (QED) is 0.732. The largest absolute Gasteiger partial charge is 0.300 e. The minimum atomic E-state index is -3.81. The van der Waals surface area contributed by atoms with Crippen molar-refractivity contribution < 1.29 is 13.2 Å². The van der Waals surface area contributed by atoms with E-state index in [0.717, 1.165) is 16.9 Å². The highest BCUT2D eigenvalue weighted by atomic mass is 32.2. The van der Waals surface area contributed by atoms with E-state index in [0.29, 0.717) is 6.42 Å². The maximum Gasteiger partial charge on any atom is 0.270 e. The van der Waals surface area contributed by atoms with Gasteiger partial charge in [0.2, 0.25) is 15.4 Å². The molecule has 2 rings (SSSR count). The molecule has 7 nitrogen and oxygen atoms in total. The van der Waals surface area contributed by atoms with Gasteiger partial charge >= 0.3 is 0 Å². The number of benzene rings is 1. The molecule has 0 saturated carbocycles. The number of amides is 1. The van der Waals surface area contributed by atoms with Crippen molar-refractivity contribution in [3.05, 3.63) is 35.9 Å². The fraction of sp³-hybridized carbons (Fsp3) is 0.400. The van der Waals surface area contributed by atoms with E-state index in [2.05, 4.69) is 20.2 Å². The third-order valence-electron chi connectivity index (χ3n) is 3.30. The number of nitrogens with one attached hydrogen (secondary N) is 2. The van der Waals surface area contributed by atoms with Gasteiger partial charge in [0.15, 0.2) is 0 Å². The Balaban J connectivity index is 2.15. The Morgan fingerprint density at radius 1 is 1.21 bits per heavy atom. The third kappa shape index (κ3) is 4.59. The molecule has 24 heavy (non-hydrogen) atoms. The Kier molecular flexibility index (Phi) is 6.03. The highest BCUT2D eigenvalue weighted by molar-refractivity contribution is 7.91. The van der Waals surface area contributed by atoms with Crippen molar-refractivity contribution in [3.8, 4) is 0 Å². The van der Waals surface area contributed by atoms with Crippen LogP contribution in [0, 0.1) is 5.92 Å². The molecule has 0 aliphatic carbocycles. The van der Waals surface area contributed by atoms with Crippen molar-refractivity contribution in [3.63, 3.8) is 0 Å². The van der Waals surface area contributed by atoms with Gasteiger partial charge < -0.3 is 5.32 Å². The summed E-state index contributed by atoms with van der Waals surface area (Å²) < 4.78 is 27.4. The van der Waals surface area contributed by atoms with Crippen molar-refractivity contribution in [2.24, 2.45) is 5.92 Å². The van der Waals surface area contributed by atoms with Gasteiger partial charge in [-0.2, -0.15) is 0 Å². The molecule has 2 N–H and O–H groups in total. The summed E-state index contributed by atoms with van der Waals surface area (Å²) in [7, 11) is -3.81. The lowest BCUT2D eigenvalue weighted by Crippen LogP contribution is -2.28. The molecule has 1 heterocycles. The van der Waals surface area contributed by atoms with Crippen molar-refractivity contribution in [1.82, 2.24) is 14.9 Å². The predicted molar refractivity (Wildman–Crippen MR) is 93.2 cm³/mol. The molecule has 1 aromatic heterocycles. The summed E-state index contributed by atoms with van der Waals surface area (Å²) in [4.78, 5) is 11.6. The number of nitrogens with zero attached hydrogens (tertiary/aromatic N) is 2. The Morgan fingerprint density at radius 3 is 2.46 bits per heavy atom. The van der Waals surface area contributed by atoms with Crippen LogP contribution in [-0.4, -0.2) is 24.5 Å². The van der Waals surface area contributed by atoms with Gasteiger partial charge in [-0.15, -0.1) is 10.2 Å². The highest BCUT2D eigenvalue weighted by Gasteiger charge is 2.25. The summed E-state index contributed by atoms with van der Waals surface area (Å²) in [6, 6.07) is 8.97. The number of hydrogen-bond donors (Lipinski definition) is 2. The van der Waals surface area contributed by atoms with Gasteiger partial charge in [0.25, 0.3) is 10.0 Å². The smallest absolute Gasteiger partial charge is 0.270 e. The zero-order valence-corrected chi connectivity index (χ0v) is 15.3. The number of sulfonamides is 1. The first-order valence-electron chi connectivity index (χ1n) is 7.55. The normalized spacial score (nSPS) is 13.0. The molecule has 0 saturated heterocycles. The molecule has 130 valence electrons. The van der Waals surface area contributed by atoms with Crippen molar-refractivity contribution in [2.75, 3.05) is 5.32 Å². The number of hydrogen-bond acceptors (Lipinski definition) is 6. The van der Waals surface area contributed by atoms with Crippen LogP contribution in [0.1, 0.15) is 38.8 Å². The zero-order chi connectivity index (χ0) is 17.7. The summed E-state index contributed by atoms with van der Waals surface area (Å²) in [6.07, 6.45) is 0.596. The van der Waals surface area contributed by atoms with E-state index >= 15 is 0 Å². The zero-order valence-electron chi connectivity index (χ0n) is 13.7. The minimum Gasteiger partial charge on any atom is -0.300 e. The molecule has 0 bridgehead atoms. The fourth-order valence-electron chi connectivity index (χ4n) is 1.93. The minimum absolute atomic E-state index is 0.168. The highest BCUT2D eigenvalue weighted by Crippen LogP contribution is 2.24. The first-order chi connectivity index (χ1) is 11.3. The third-order valence-corrected chi connectivity index (χ3v) is 5.98. The molecule has 9 heteroatoms. The van der Waals surface area contributed by atoms with Crippen LogP contribution in [-0.2, 0) is 14.8 Å². The van der Waals surface area contributed by atoms with Crippen LogP contribution < -0.4 is 10.0 Å². The lowest BCUT2D eigenvalue weighted by molar-refractivity contribution is -0.118. The van der Waals surface area contributed by atoms with Gasteiger partial charge in [-0.3, -0.25) is 4.79 Å². The second-order valence-corrected chi connectivity index (χ2v) is 8.38. The Bertz CT molecular complexity index is 788. The Morgan fingerprint density at radius 2 is 1.88 bits per heavy atom. The lowest BCUT2D eigenvalue weighted by atomic mass is 10.1. The summed E-state index contributed by atoms with van der Waals surface area (Å²) >= 11 is 0.829. The molecular weight excluding hydrogens is 348 g/mol. The van der Waals surface area contributed by atoms with E-state index in [4.69, 9.17) is 0 Å². The van der Waals surface area contributed by atoms with Gasteiger partial charge in [0.05, 0.1) is 0 Å². The van der Waals surface area contributed by atoms with Crippen LogP contribution in [0.25, 0.3) is 0 Å². The van der Waals surface area contributed by atoms with Gasteiger partial charge in [-0.05, 0) is 12.0 Å². The molecule has 0 spiro atoms. The van der Waals surface area contributed by atoms with E-state index in [1.165, 1.54) is 0 Å². The Hall–Kier alpha value is -1.84. The maximum absolute atomic E-state index is 12.5. The van der Waals surface area contributed by atoms with Crippen molar-refractivity contribution in [2.45, 2.75) is 37.6 Å². The molecule has 0 unspecified atom stereocenters. The monoisotopic (exact) mass is 368 g/mol. The summed E-state index contributed by atoms with van der Waals surface area (Å²) in [5.41, 5.74) is 0.876. The van der Waals surface area contributed by atoms with Crippen LogP contribution in [0.4, 0.5) is 5.13 Å². The number of rotatable bonds is 7. The first-order valence-corrected chi connectivity index (χ1v) is 9.85. The molecule has 0 aliphatic rings. The number of carbonyl (C=O) groups is 1. The molecule has 1 amide bonds. The number of anilines is 1. The topological polar surface area (TPSA) is 101 Å². The van der Waals surface area contributed by atoms with E-state index in [9.17, 15) is 13.2 Å². The summed E-state index contributed by atoms with van der Waals surface area (Å²) in [5, 5.41) is 10.1. The maximum atomic E-state index is 12.5. The van der Waals surface area contributed by atoms with Crippen molar-refractivity contribution in [1.29, 1.82) is 0 Å². The molecular formula is C15H20N4O3S2. The average molecular weight is 368 g/mol. The number of aromatic nitrogens is 2. The van der Waals surface area contributed by atoms with E-state index in [1.54, 1.807) is 13.8 Å². The molecule has 1 atom stereocenters. The average Bonchev–Trinajstić information content (AvgIpc) is 3.03. The van der Waals surface area contributed by atoms with Crippen LogP contribution >= 0.6 is 11.3 Å². The van der Waals surface area contributed by atoms with E-state index in [-0.39, 0.29) is 27.3 Å². The summed E-state index contributed by atoms with van der Waals surface area (Å²) in [5.74, 6) is -0.464. The molecule has 1 aromatic carbocycles. The molecule has 2 aromatic rings. The van der Waals surface area contributed by atoms with Gasteiger partial charge in [0.1, 0.15) is 0 Å². The molecule has 0 aliphatic heterocycles. The van der Waals surface area contributed by atoms with Gasteiger partial charge in [-0.1, -0.05) is 62.4 Å². The van der Waals surface area contributed by atoms with E-state index < -0.39 is 10.0 Å². The van der Waals surface area contributed by atoms with Gasteiger partial charge in [-0.25, -0.2) is 13.1 Å². The van der Waals surface area contributed by atoms with Gasteiger partial charge in [0, 0.05) is 12.0 Å². The molecule has 0 radical (unpaired) electrons. The van der Waals surface area contributed by atoms with Crippen LogP contribution in [0.2, 0.25) is 0 Å². The Labute approximate surface area is 145 Å². The lowest BCUT2D eigenvalue weighted by Gasteiger charge is -2.16. The van der Waals surface area contributed by atoms with Crippen LogP contribution in [0.3, 0.4) is 0 Å². The standard InChI is InChI=1S/C15H20N4O3S2/c1-4-12(11-8-6-5-7-9-11)19-24(21,22)15-18-17-14(23-15)16-13(20)10(2)3/h5-10,12,19H,4H2,1-3H3,(H,16,17,20)/t12-/m1/s1. The van der Waals surface area contributed by atoms with E-state index in [1.807, 2.05) is 37.3 Å².